The van der Waals surface area contributed by atoms with Crippen LogP contribution in [0.25, 0.3) is 11.0 Å². The second kappa shape index (κ2) is 5.95. The Kier molecular flexibility index (Phi) is 4.03. The maximum Gasteiger partial charge on any atom is 0.114 e. The van der Waals surface area contributed by atoms with Crippen LogP contribution in [-0.2, 0) is 6.42 Å². The van der Waals surface area contributed by atoms with E-state index in [1.54, 1.807) is 11.3 Å². The van der Waals surface area contributed by atoms with Crippen LogP contribution >= 0.6 is 11.3 Å². The minimum absolute atomic E-state index is 0.358. The molecule has 2 aromatic heterocycles. The zero-order valence-corrected chi connectivity index (χ0v) is 13.4. The number of rotatable bonds is 5. The fourth-order valence-electron chi connectivity index (χ4n) is 2.57. The smallest absolute Gasteiger partial charge is 0.114 e. The summed E-state index contributed by atoms with van der Waals surface area (Å²) in [5, 5.41) is 4.57. The molecular weight excluding hydrogens is 280 g/mol. The molecule has 110 valence electrons. The van der Waals surface area contributed by atoms with E-state index in [1.165, 1.54) is 4.88 Å². The average Bonchev–Trinajstić information content (AvgIpc) is 3.02. The SMILES string of the molecule is CCNC(C)c1sc(Cc2nc3ccccc3[nH]2)nc1C. The van der Waals surface area contributed by atoms with E-state index in [9.17, 15) is 0 Å². The van der Waals surface area contributed by atoms with Gasteiger partial charge in [-0.2, -0.15) is 0 Å². The predicted octanol–water partition coefficient (Wildman–Crippen LogP) is 3.59. The molecule has 0 aliphatic heterocycles. The van der Waals surface area contributed by atoms with E-state index in [0.717, 1.165) is 40.5 Å². The van der Waals surface area contributed by atoms with Crippen LogP contribution in [-0.4, -0.2) is 21.5 Å². The highest BCUT2D eigenvalue weighted by Gasteiger charge is 2.14. The Labute approximate surface area is 128 Å². The molecule has 0 spiro atoms. The summed E-state index contributed by atoms with van der Waals surface area (Å²) in [5.74, 6) is 0.979. The summed E-state index contributed by atoms with van der Waals surface area (Å²) in [6, 6.07) is 8.47. The number of aryl methyl sites for hydroxylation is 1. The summed E-state index contributed by atoms with van der Waals surface area (Å²) < 4.78 is 0. The number of hydrogen-bond acceptors (Lipinski definition) is 4. The Morgan fingerprint density at radius 2 is 2.10 bits per heavy atom. The van der Waals surface area contributed by atoms with Gasteiger partial charge in [-0.3, -0.25) is 0 Å². The van der Waals surface area contributed by atoms with Crippen molar-refractivity contribution in [1.29, 1.82) is 0 Å². The summed E-state index contributed by atoms with van der Waals surface area (Å²) in [6.07, 6.45) is 0.763. The number of para-hydroxylation sites is 2. The summed E-state index contributed by atoms with van der Waals surface area (Å²) in [6.45, 7) is 7.37. The molecule has 5 heteroatoms. The summed E-state index contributed by atoms with van der Waals surface area (Å²) in [4.78, 5) is 14.0. The number of nitrogens with one attached hydrogen (secondary N) is 2. The molecule has 4 nitrogen and oxygen atoms in total. The molecule has 0 radical (unpaired) electrons. The molecule has 0 fully saturated rings. The van der Waals surface area contributed by atoms with Gasteiger partial charge in [0.05, 0.1) is 23.1 Å². The van der Waals surface area contributed by atoms with Crippen LogP contribution in [0.5, 0.6) is 0 Å². The standard InChI is InChI=1S/C16H20N4S/c1-4-17-10(2)16-11(3)18-15(21-16)9-14-19-12-7-5-6-8-13(12)20-14/h5-8,10,17H,4,9H2,1-3H3,(H,19,20). The van der Waals surface area contributed by atoms with Crippen LogP contribution in [0, 0.1) is 6.92 Å². The first kappa shape index (κ1) is 14.2. The maximum atomic E-state index is 4.70. The minimum atomic E-state index is 0.358. The van der Waals surface area contributed by atoms with Crippen molar-refractivity contribution >= 4 is 22.4 Å². The van der Waals surface area contributed by atoms with Gasteiger partial charge in [-0.15, -0.1) is 11.3 Å². The fourth-order valence-corrected chi connectivity index (χ4v) is 3.67. The highest BCUT2D eigenvalue weighted by molar-refractivity contribution is 7.11. The number of hydrogen-bond donors (Lipinski definition) is 2. The fraction of sp³-hybridized carbons (Fsp3) is 0.375. The van der Waals surface area contributed by atoms with E-state index in [-0.39, 0.29) is 0 Å². The lowest BCUT2D eigenvalue weighted by Crippen LogP contribution is -2.17. The molecule has 0 saturated heterocycles. The highest BCUT2D eigenvalue weighted by Crippen LogP contribution is 2.26. The number of benzene rings is 1. The van der Waals surface area contributed by atoms with Gasteiger partial charge in [-0.1, -0.05) is 19.1 Å². The topological polar surface area (TPSA) is 53.6 Å². The van der Waals surface area contributed by atoms with E-state index in [0.29, 0.717) is 6.04 Å². The molecule has 0 aliphatic rings. The normalized spacial score (nSPS) is 12.9. The van der Waals surface area contributed by atoms with Crippen molar-refractivity contribution in [3.63, 3.8) is 0 Å². The van der Waals surface area contributed by atoms with Crippen LogP contribution < -0.4 is 5.32 Å². The average molecular weight is 300 g/mol. The first-order valence-corrected chi connectivity index (χ1v) is 8.12. The summed E-state index contributed by atoms with van der Waals surface area (Å²) >= 11 is 1.78. The van der Waals surface area contributed by atoms with Crippen LogP contribution in [0.3, 0.4) is 0 Å². The van der Waals surface area contributed by atoms with Crippen molar-refractivity contribution in [3.05, 3.63) is 45.7 Å². The molecule has 0 bridgehead atoms. The molecule has 2 heterocycles. The molecule has 3 rings (SSSR count). The number of aromatic amines is 1. The van der Waals surface area contributed by atoms with Crippen molar-refractivity contribution < 1.29 is 0 Å². The van der Waals surface area contributed by atoms with Gasteiger partial charge >= 0.3 is 0 Å². The number of fused-ring (bicyclic) bond motifs is 1. The second-order valence-electron chi connectivity index (χ2n) is 5.21. The van der Waals surface area contributed by atoms with Gasteiger partial charge in [0.2, 0.25) is 0 Å². The molecule has 0 saturated carbocycles. The Bertz CT molecular complexity index is 711. The Balaban J connectivity index is 1.83. The van der Waals surface area contributed by atoms with Crippen molar-refractivity contribution in [2.45, 2.75) is 33.2 Å². The van der Waals surface area contributed by atoms with Gasteiger partial charge in [0.1, 0.15) is 10.8 Å². The van der Waals surface area contributed by atoms with Crippen LogP contribution in [0.4, 0.5) is 0 Å². The van der Waals surface area contributed by atoms with Crippen LogP contribution in [0.15, 0.2) is 24.3 Å². The monoisotopic (exact) mass is 300 g/mol. The third kappa shape index (κ3) is 2.99. The van der Waals surface area contributed by atoms with Crippen molar-refractivity contribution in [3.8, 4) is 0 Å². The third-order valence-corrected chi connectivity index (χ3v) is 4.88. The van der Waals surface area contributed by atoms with E-state index in [2.05, 4.69) is 42.1 Å². The predicted molar refractivity (Wildman–Crippen MR) is 87.8 cm³/mol. The molecule has 2 N–H and O–H groups in total. The highest BCUT2D eigenvalue weighted by atomic mass is 32.1. The molecule has 1 unspecified atom stereocenters. The van der Waals surface area contributed by atoms with Gasteiger partial charge < -0.3 is 10.3 Å². The molecule has 1 aromatic carbocycles. The molecule has 0 amide bonds. The van der Waals surface area contributed by atoms with Gasteiger partial charge in [0.25, 0.3) is 0 Å². The van der Waals surface area contributed by atoms with Gasteiger partial charge in [-0.25, -0.2) is 9.97 Å². The first-order valence-electron chi connectivity index (χ1n) is 7.30. The summed E-state index contributed by atoms with van der Waals surface area (Å²) in [7, 11) is 0. The second-order valence-corrected chi connectivity index (χ2v) is 6.33. The van der Waals surface area contributed by atoms with Crippen molar-refractivity contribution in [2.24, 2.45) is 0 Å². The molecule has 1 atom stereocenters. The molecule has 0 aliphatic carbocycles. The van der Waals surface area contributed by atoms with Crippen molar-refractivity contribution in [2.75, 3.05) is 6.54 Å². The van der Waals surface area contributed by atoms with Crippen LogP contribution in [0.2, 0.25) is 0 Å². The van der Waals surface area contributed by atoms with Gasteiger partial charge in [0.15, 0.2) is 0 Å². The van der Waals surface area contributed by atoms with E-state index in [1.807, 2.05) is 18.2 Å². The zero-order chi connectivity index (χ0) is 14.8. The largest absolute Gasteiger partial charge is 0.342 e. The lowest BCUT2D eigenvalue weighted by Gasteiger charge is -2.09. The molecular formula is C16H20N4S. The van der Waals surface area contributed by atoms with E-state index < -0.39 is 0 Å². The Morgan fingerprint density at radius 3 is 2.86 bits per heavy atom. The molecule has 3 aromatic rings. The van der Waals surface area contributed by atoms with E-state index in [4.69, 9.17) is 4.98 Å². The zero-order valence-electron chi connectivity index (χ0n) is 12.6. The Morgan fingerprint density at radius 1 is 1.29 bits per heavy atom. The number of imidazole rings is 1. The maximum absolute atomic E-state index is 4.70. The van der Waals surface area contributed by atoms with Crippen molar-refractivity contribution in [1.82, 2.24) is 20.3 Å². The number of H-pyrrole nitrogens is 1. The number of nitrogens with zero attached hydrogens (tertiary/aromatic N) is 2. The summed E-state index contributed by atoms with van der Waals surface area (Å²) in [5.41, 5.74) is 3.23. The van der Waals surface area contributed by atoms with E-state index >= 15 is 0 Å². The van der Waals surface area contributed by atoms with Gasteiger partial charge in [-0.05, 0) is 32.5 Å². The minimum Gasteiger partial charge on any atom is -0.342 e. The quantitative estimate of drug-likeness (QED) is 0.757. The first-order chi connectivity index (χ1) is 10.2. The number of thiazole rings is 1. The number of aromatic nitrogens is 3. The van der Waals surface area contributed by atoms with Crippen LogP contribution in [0.1, 0.15) is 41.3 Å². The van der Waals surface area contributed by atoms with Gasteiger partial charge in [0, 0.05) is 10.9 Å². The third-order valence-electron chi connectivity index (χ3n) is 3.54. The Hall–Kier alpha value is -1.72. The lowest BCUT2D eigenvalue weighted by molar-refractivity contribution is 0.603. The lowest BCUT2D eigenvalue weighted by atomic mass is 10.2. The molecule has 21 heavy (non-hydrogen) atoms.